The van der Waals surface area contributed by atoms with Crippen molar-refractivity contribution in [3.05, 3.63) is 106 Å². The number of ether oxygens (including phenoxy) is 2. The Balaban J connectivity index is 1.36. The van der Waals surface area contributed by atoms with Gasteiger partial charge in [0.15, 0.2) is 23.3 Å². The molecule has 40 heavy (non-hydrogen) atoms. The normalized spacial score (nSPS) is 11.5. The van der Waals surface area contributed by atoms with Gasteiger partial charge in [0, 0.05) is 12.8 Å². The van der Waals surface area contributed by atoms with Gasteiger partial charge in [0.1, 0.15) is 5.69 Å². The number of anilines is 1. The molecular weight excluding hydrogens is 528 g/mol. The number of amides is 1. The maximum atomic E-state index is 13.0. The first-order valence-corrected chi connectivity index (χ1v) is 13.3. The van der Waals surface area contributed by atoms with E-state index in [1.165, 1.54) is 23.6 Å². The molecule has 0 unspecified atom stereocenters. The Labute approximate surface area is 236 Å². The van der Waals surface area contributed by atoms with Crippen LogP contribution < -0.4 is 26.1 Å². The molecule has 0 aliphatic carbocycles. The summed E-state index contributed by atoms with van der Waals surface area (Å²) in [5.74, 6) is 1.00. The quantitative estimate of drug-likeness (QED) is 0.172. The number of benzene rings is 3. The topological polar surface area (TPSA) is 125 Å². The fourth-order valence-corrected chi connectivity index (χ4v) is 4.44. The fourth-order valence-electron chi connectivity index (χ4n) is 3.83. The van der Waals surface area contributed by atoms with Gasteiger partial charge >= 0.3 is 0 Å². The van der Waals surface area contributed by atoms with E-state index in [0.29, 0.717) is 39.4 Å². The van der Waals surface area contributed by atoms with Crippen LogP contribution in [0.15, 0.2) is 93.9 Å². The van der Waals surface area contributed by atoms with Gasteiger partial charge in [-0.1, -0.05) is 60.3 Å². The second-order valence-corrected chi connectivity index (χ2v) is 9.64. The van der Waals surface area contributed by atoms with Crippen LogP contribution in [0.2, 0.25) is 0 Å². The Kier molecular flexibility index (Phi) is 9.42. The van der Waals surface area contributed by atoms with Crippen molar-refractivity contribution >= 4 is 34.7 Å². The smallest absolute Gasteiger partial charge is 0.295 e. The average molecular weight is 559 g/mol. The number of aromatic nitrogens is 2. The summed E-state index contributed by atoms with van der Waals surface area (Å²) in [5, 5.41) is 11.1. The number of carbonyl (C=O) groups excluding carboxylic acids is 1. The van der Waals surface area contributed by atoms with Crippen molar-refractivity contribution in [1.82, 2.24) is 9.36 Å². The SMILES string of the molecule is COc1cc(C=NN=C(N)SCc2ccccc2)ccc1OCC(=O)Nc1c(C)n(C)n(-c2ccccc2)c1=O. The monoisotopic (exact) mass is 558 g/mol. The third-order valence-electron chi connectivity index (χ3n) is 5.96. The summed E-state index contributed by atoms with van der Waals surface area (Å²) in [7, 11) is 3.26. The van der Waals surface area contributed by atoms with E-state index in [1.54, 1.807) is 43.1 Å². The minimum absolute atomic E-state index is 0.195. The maximum Gasteiger partial charge on any atom is 0.295 e. The van der Waals surface area contributed by atoms with Crippen molar-refractivity contribution in [1.29, 1.82) is 0 Å². The fraction of sp³-hybridized carbons (Fsp3) is 0.172. The summed E-state index contributed by atoms with van der Waals surface area (Å²) >= 11 is 1.40. The molecule has 0 saturated carbocycles. The second kappa shape index (κ2) is 13.3. The predicted octanol–water partition coefficient (Wildman–Crippen LogP) is 4.09. The molecular formula is C29H30N6O4S. The van der Waals surface area contributed by atoms with Crippen molar-refractivity contribution in [2.45, 2.75) is 12.7 Å². The number of hydrogen-bond donors (Lipinski definition) is 2. The van der Waals surface area contributed by atoms with Crippen LogP contribution in [0.25, 0.3) is 5.69 Å². The molecule has 0 aliphatic rings. The molecule has 4 rings (SSSR count). The molecule has 3 N–H and O–H groups in total. The lowest BCUT2D eigenvalue weighted by atomic mass is 10.2. The van der Waals surface area contributed by atoms with Gasteiger partial charge in [0.05, 0.1) is 24.7 Å². The zero-order valence-electron chi connectivity index (χ0n) is 22.4. The number of rotatable bonds is 10. The number of methoxy groups -OCH3 is 1. The number of thioether (sulfide) groups is 1. The van der Waals surface area contributed by atoms with Gasteiger partial charge in [-0.3, -0.25) is 14.3 Å². The van der Waals surface area contributed by atoms with Crippen LogP contribution in [-0.2, 0) is 17.6 Å². The van der Waals surface area contributed by atoms with E-state index in [-0.39, 0.29) is 17.9 Å². The molecule has 206 valence electrons. The lowest BCUT2D eigenvalue weighted by Crippen LogP contribution is -2.25. The molecule has 0 atom stereocenters. The largest absolute Gasteiger partial charge is 0.493 e. The molecule has 0 bridgehead atoms. The average Bonchev–Trinajstić information content (AvgIpc) is 3.18. The van der Waals surface area contributed by atoms with E-state index in [2.05, 4.69) is 15.5 Å². The summed E-state index contributed by atoms with van der Waals surface area (Å²) in [5.41, 5.74) is 8.97. The number of amidine groups is 1. The molecule has 4 aromatic rings. The number of nitrogens with two attached hydrogens (primary N) is 1. The molecule has 0 radical (unpaired) electrons. The van der Waals surface area contributed by atoms with E-state index < -0.39 is 5.91 Å². The summed E-state index contributed by atoms with van der Waals surface area (Å²) < 4.78 is 14.3. The van der Waals surface area contributed by atoms with Gasteiger partial charge in [0.25, 0.3) is 11.5 Å². The highest BCUT2D eigenvalue weighted by Crippen LogP contribution is 2.27. The molecule has 0 spiro atoms. The lowest BCUT2D eigenvalue weighted by molar-refractivity contribution is -0.118. The molecule has 11 heteroatoms. The maximum absolute atomic E-state index is 13.0. The van der Waals surface area contributed by atoms with Crippen LogP contribution >= 0.6 is 11.8 Å². The Hall–Kier alpha value is -4.77. The van der Waals surface area contributed by atoms with E-state index in [4.69, 9.17) is 15.2 Å². The molecule has 1 amide bonds. The second-order valence-electron chi connectivity index (χ2n) is 8.64. The first kappa shape index (κ1) is 28.2. The Morgan fingerprint density at radius 2 is 1.75 bits per heavy atom. The third kappa shape index (κ3) is 7.00. The summed E-state index contributed by atoms with van der Waals surface area (Å²) in [6.07, 6.45) is 1.55. The minimum Gasteiger partial charge on any atom is -0.493 e. The van der Waals surface area contributed by atoms with Crippen molar-refractivity contribution < 1.29 is 14.3 Å². The number of nitrogens with zero attached hydrogens (tertiary/aromatic N) is 4. The van der Waals surface area contributed by atoms with Gasteiger partial charge < -0.3 is 20.5 Å². The highest BCUT2D eigenvalue weighted by molar-refractivity contribution is 8.13. The van der Waals surface area contributed by atoms with Crippen molar-refractivity contribution in [3.8, 4) is 17.2 Å². The third-order valence-corrected chi connectivity index (χ3v) is 6.81. The van der Waals surface area contributed by atoms with Crippen LogP contribution in [0.3, 0.4) is 0 Å². The standard InChI is InChI=1S/C29H30N6O4S/c1-20-27(28(37)35(34(20)2)23-12-8-5-9-13-23)32-26(36)18-39-24-15-14-22(16-25(24)38-3)17-31-33-29(30)40-19-21-10-6-4-7-11-21/h4-17H,18-19H2,1-3H3,(H2,30,33)(H,32,36). The van der Waals surface area contributed by atoms with Crippen molar-refractivity contribution in [2.75, 3.05) is 19.0 Å². The van der Waals surface area contributed by atoms with Crippen LogP contribution in [0.5, 0.6) is 11.5 Å². The summed E-state index contributed by atoms with van der Waals surface area (Å²) in [6, 6.07) is 24.3. The number of nitrogens with one attached hydrogen (secondary N) is 1. The van der Waals surface area contributed by atoms with Gasteiger partial charge in [-0.2, -0.15) is 5.10 Å². The van der Waals surface area contributed by atoms with Crippen molar-refractivity contribution in [3.63, 3.8) is 0 Å². The summed E-state index contributed by atoms with van der Waals surface area (Å²) in [4.78, 5) is 25.7. The predicted molar refractivity (Wildman–Crippen MR) is 160 cm³/mol. The molecule has 3 aromatic carbocycles. The number of para-hydroxylation sites is 1. The minimum atomic E-state index is -0.475. The lowest BCUT2D eigenvalue weighted by Gasteiger charge is -2.11. The van der Waals surface area contributed by atoms with Gasteiger partial charge in [-0.25, -0.2) is 4.68 Å². The summed E-state index contributed by atoms with van der Waals surface area (Å²) in [6.45, 7) is 1.45. The zero-order valence-corrected chi connectivity index (χ0v) is 23.2. The van der Waals surface area contributed by atoms with Gasteiger partial charge in [0.2, 0.25) is 0 Å². The van der Waals surface area contributed by atoms with Crippen molar-refractivity contribution in [2.24, 2.45) is 23.0 Å². The Bertz CT molecular complexity index is 1580. The first-order chi connectivity index (χ1) is 19.4. The number of carbonyl (C=O) groups is 1. The Morgan fingerprint density at radius 1 is 1.05 bits per heavy atom. The van der Waals surface area contributed by atoms with E-state index in [9.17, 15) is 9.59 Å². The van der Waals surface area contributed by atoms with Gasteiger partial charge in [-0.05, 0) is 48.4 Å². The molecule has 1 heterocycles. The molecule has 10 nitrogen and oxygen atoms in total. The van der Waals surface area contributed by atoms with Crippen LogP contribution in [0.4, 0.5) is 5.69 Å². The van der Waals surface area contributed by atoms with Gasteiger partial charge in [-0.15, -0.1) is 5.10 Å². The van der Waals surface area contributed by atoms with Crippen LogP contribution in [-0.4, -0.2) is 40.4 Å². The van der Waals surface area contributed by atoms with Crippen LogP contribution in [0, 0.1) is 6.92 Å². The molecule has 0 fully saturated rings. The number of hydrogen-bond acceptors (Lipinski definition) is 7. The van der Waals surface area contributed by atoms with E-state index >= 15 is 0 Å². The highest BCUT2D eigenvalue weighted by atomic mass is 32.2. The zero-order chi connectivity index (χ0) is 28.5. The highest BCUT2D eigenvalue weighted by Gasteiger charge is 2.18. The Morgan fingerprint density at radius 3 is 2.45 bits per heavy atom. The van der Waals surface area contributed by atoms with Crippen LogP contribution in [0.1, 0.15) is 16.8 Å². The van der Waals surface area contributed by atoms with E-state index in [1.807, 2.05) is 60.7 Å². The molecule has 0 aliphatic heterocycles. The molecule has 1 aromatic heterocycles. The molecule has 0 saturated heterocycles. The first-order valence-electron chi connectivity index (χ1n) is 12.3. The van der Waals surface area contributed by atoms with E-state index in [0.717, 1.165) is 5.56 Å².